The summed E-state index contributed by atoms with van der Waals surface area (Å²) in [7, 11) is -9.83. The molecule has 0 aromatic rings. The zero-order valence-electron chi connectivity index (χ0n) is 81.8. The number of ether oxygens (including phenoxy) is 3. The highest BCUT2D eigenvalue weighted by atomic mass is 31.2. The lowest BCUT2D eigenvalue weighted by Crippen LogP contribution is -2.30. The van der Waals surface area contributed by atoms with Crippen molar-refractivity contribution >= 4 is 33.6 Å². The predicted octanol–water partition coefficient (Wildman–Crippen LogP) is 32.9. The number of esters is 3. The van der Waals surface area contributed by atoms with Crippen molar-refractivity contribution in [2.45, 2.75) is 450 Å². The first-order chi connectivity index (χ1) is 63.2. The Bertz CT molecular complexity index is 3130. The molecule has 5 unspecified atom stereocenters. The minimum Gasteiger partial charge on any atom is -0.463 e. The van der Waals surface area contributed by atoms with Crippen LogP contribution < -0.4 is 0 Å². The smallest absolute Gasteiger partial charge is 0.463 e. The maximum Gasteiger partial charge on any atom is 0.472 e. The predicted molar refractivity (Wildman–Crippen MR) is 546 cm³/mol. The molecule has 4 N–H and O–H groups in total. The molecule has 0 radical (unpaired) electrons. The van der Waals surface area contributed by atoms with E-state index in [9.17, 15) is 43.5 Å². The Labute approximate surface area is 788 Å². The number of aliphatic hydroxyl groups excluding tert-OH is 2. The summed E-state index contributed by atoms with van der Waals surface area (Å²) in [6.45, 7) is 2.37. The maximum absolute atomic E-state index is 13.1. The van der Waals surface area contributed by atoms with Crippen LogP contribution in [0.15, 0.2) is 194 Å². The summed E-state index contributed by atoms with van der Waals surface area (Å²) < 4.78 is 61.7. The number of aliphatic hydroxyl groups is 2. The average molecular weight is 1840 g/mol. The van der Waals surface area contributed by atoms with Crippen LogP contribution in [0.3, 0.4) is 0 Å². The molecule has 16 nitrogen and oxygen atoms in total. The summed E-state index contributed by atoms with van der Waals surface area (Å²) in [5.41, 5.74) is 0. The third kappa shape index (κ3) is 103. The summed E-state index contributed by atoms with van der Waals surface area (Å²) in [5.74, 6) is -1.59. The first-order valence-corrected chi connectivity index (χ1v) is 54.7. The van der Waals surface area contributed by atoms with Crippen LogP contribution in [-0.4, -0.2) is 95.9 Å². The monoisotopic (exact) mass is 1840 g/mol. The Hall–Kier alpha value is -5.61. The second-order valence-corrected chi connectivity index (χ2v) is 37.1. The van der Waals surface area contributed by atoms with E-state index >= 15 is 0 Å². The van der Waals surface area contributed by atoms with Crippen molar-refractivity contribution in [3.8, 4) is 0 Å². The number of allylic oxidation sites excluding steroid dienone is 32. The van der Waals surface area contributed by atoms with Crippen LogP contribution in [0, 0.1) is 0 Å². The summed E-state index contributed by atoms with van der Waals surface area (Å²) in [6.07, 6.45) is 137. The lowest BCUT2D eigenvalue weighted by molar-refractivity contribution is -0.161. The van der Waals surface area contributed by atoms with Gasteiger partial charge in [-0.1, -0.05) is 446 Å². The minimum absolute atomic E-state index is 0.0712. The van der Waals surface area contributed by atoms with E-state index in [-0.39, 0.29) is 19.3 Å². The SMILES string of the molecule is CC/C=C\C/C=C\C/C=C\C/C=C\C/C=C\C/C=C\CCCCCCC(=O)OC(COC(=O)CCCCCCCCCCCCCCCCCCCCC/C=C\C/C=C\C/C=C\C/C=C\C/C=C\CC)COP(=O)(O)OCC(O)COP(=O)(O)OCC(O)COC(=O)CCCCCCCCCCCCCCCCCCCCC/C=C\C/C=C\C/C=C\C/C=C\C/C=C\CC. The van der Waals surface area contributed by atoms with Crippen molar-refractivity contribution in [3.05, 3.63) is 194 Å². The van der Waals surface area contributed by atoms with Crippen LogP contribution in [-0.2, 0) is 55.8 Å². The molecule has 0 aromatic heterocycles. The van der Waals surface area contributed by atoms with Gasteiger partial charge in [-0.2, -0.15) is 0 Å². The number of carbonyl (C=O) groups excluding carboxylic acids is 3. The molecule has 0 aliphatic rings. The molecule has 0 heterocycles. The van der Waals surface area contributed by atoms with Crippen molar-refractivity contribution in [3.63, 3.8) is 0 Å². The van der Waals surface area contributed by atoms with Crippen molar-refractivity contribution in [2.24, 2.45) is 0 Å². The van der Waals surface area contributed by atoms with Crippen LogP contribution in [0.5, 0.6) is 0 Å². The van der Waals surface area contributed by atoms with E-state index in [1.165, 1.54) is 205 Å². The van der Waals surface area contributed by atoms with Crippen LogP contribution in [0.1, 0.15) is 432 Å². The molecule has 18 heteroatoms. The zero-order valence-corrected chi connectivity index (χ0v) is 83.6. The number of hydrogen-bond donors (Lipinski definition) is 4. The minimum atomic E-state index is -4.96. The molecule has 0 fully saturated rings. The van der Waals surface area contributed by atoms with Crippen molar-refractivity contribution in [1.29, 1.82) is 0 Å². The number of rotatable bonds is 97. The number of phosphoric acid groups is 2. The average Bonchev–Trinajstić information content (AvgIpc) is 0.895. The highest BCUT2D eigenvalue weighted by Crippen LogP contribution is 2.45. The third-order valence-electron chi connectivity index (χ3n) is 21.8. The van der Waals surface area contributed by atoms with Crippen molar-refractivity contribution < 1.29 is 75.8 Å². The molecule has 0 aliphatic heterocycles. The van der Waals surface area contributed by atoms with E-state index in [2.05, 4.69) is 215 Å². The van der Waals surface area contributed by atoms with Crippen molar-refractivity contribution in [2.75, 3.05) is 39.6 Å². The zero-order chi connectivity index (χ0) is 93.5. The van der Waals surface area contributed by atoms with Gasteiger partial charge in [-0.3, -0.25) is 32.5 Å². The lowest BCUT2D eigenvalue weighted by Gasteiger charge is -2.21. The third-order valence-corrected chi connectivity index (χ3v) is 23.7. The van der Waals surface area contributed by atoms with Crippen LogP contribution in [0.25, 0.3) is 0 Å². The molecule has 129 heavy (non-hydrogen) atoms. The molecule has 0 saturated carbocycles. The quantitative estimate of drug-likeness (QED) is 0.0146. The Morgan fingerprint density at radius 1 is 0.217 bits per heavy atom. The molecule has 0 saturated heterocycles. The molecular weight excluding hydrogens is 1650 g/mol. The Balaban J connectivity index is 4.55. The van der Waals surface area contributed by atoms with E-state index in [0.717, 1.165) is 167 Å². The molecular formula is C111H188O16P2. The van der Waals surface area contributed by atoms with Gasteiger partial charge in [0.15, 0.2) is 6.10 Å². The molecule has 0 rings (SSSR count). The Morgan fingerprint density at radius 2 is 0.388 bits per heavy atom. The molecule has 0 aromatic carbocycles. The van der Waals surface area contributed by atoms with E-state index in [4.69, 9.17) is 32.3 Å². The summed E-state index contributed by atoms with van der Waals surface area (Å²) in [6, 6.07) is 0. The van der Waals surface area contributed by atoms with E-state index in [0.29, 0.717) is 19.3 Å². The molecule has 5 atom stereocenters. The van der Waals surface area contributed by atoms with Gasteiger partial charge in [-0.15, -0.1) is 0 Å². The number of phosphoric ester groups is 2. The standard InChI is InChI=1S/C111H188O16P2/c1-4-7-10-13-16-19-22-25-28-31-34-37-40-42-44-46-48-50-52-54-56-58-60-62-65-67-70-73-76-79-82-85-88-91-94-97-109(114)121-100-106(112)101-123-128(117,118)124-102-107(113)103-125-129(119,120)126-105-108(127-111(116)99-96-93-90-87-84-81-78-75-72-69-64-39-36-33-30-27-24-21-18-15-12-9-6-3)104-122-110(115)98-95-92-89-86-83-80-77-74-71-68-66-63-61-59-57-55-53-51-49-47-45-43-41-38-35-32-29-26-23-20-17-14-11-8-5-2/h7-12,16-21,25-30,34-39,42-45,69,72,78,81,106-108,112-113H,4-6,13-15,22-24,31-33,40-41,46-68,70-71,73-77,79-80,82-105H2,1-3H3,(H,117,118)(H,119,120)/b10-7-,11-8-,12-9-,19-16-,20-17-,21-18-,28-25-,29-26-,30-27-,37-34-,38-35-,39-36-,44-42-,45-43-,72-69-,81-78-. The molecule has 0 spiro atoms. The van der Waals surface area contributed by atoms with Gasteiger partial charge in [0.25, 0.3) is 0 Å². The van der Waals surface area contributed by atoms with Gasteiger partial charge in [-0.05, 0) is 161 Å². The van der Waals surface area contributed by atoms with Gasteiger partial charge in [0.2, 0.25) is 0 Å². The van der Waals surface area contributed by atoms with Crippen LogP contribution >= 0.6 is 15.6 Å². The van der Waals surface area contributed by atoms with Gasteiger partial charge in [0.1, 0.15) is 25.4 Å². The van der Waals surface area contributed by atoms with Gasteiger partial charge in [0.05, 0.1) is 26.4 Å². The van der Waals surface area contributed by atoms with Gasteiger partial charge >= 0.3 is 33.6 Å². The molecule has 0 amide bonds. The first kappa shape index (κ1) is 123. The topological polar surface area (TPSA) is 231 Å². The van der Waals surface area contributed by atoms with Gasteiger partial charge in [0, 0.05) is 19.3 Å². The van der Waals surface area contributed by atoms with Gasteiger partial charge < -0.3 is 34.2 Å². The normalized spacial score (nSPS) is 14.4. The number of hydrogen-bond acceptors (Lipinski definition) is 14. The lowest BCUT2D eigenvalue weighted by atomic mass is 10.0. The molecule has 0 aliphatic carbocycles. The molecule has 738 valence electrons. The van der Waals surface area contributed by atoms with Crippen molar-refractivity contribution in [1.82, 2.24) is 0 Å². The van der Waals surface area contributed by atoms with E-state index in [1.54, 1.807) is 0 Å². The number of unbranched alkanes of at least 4 members (excludes halogenated alkanes) is 42. The Morgan fingerprint density at radius 3 is 0.612 bits per heavy atom. The first-order valence-electron chi connectivity index (χ1n) is 51.7. The highest BCUT2D eigenvalue weighted by molar-refractivity contribution is 7.47. The summed E-state index contributed by atoms with van der Waals surface area (Å²) in [4.78, 5) is 59.2. The fourth-order valence-electron chi connectivity index (χ4n) is 14.1. The second-order valence-electron chi connectivity index (χ2n) is 34.2. The fourth-order valence-corrected chi connectivity index (χ4v) is 15.7. The summed E-state index contributed by atoms with van der Waals surface area (Å²) in [5, 5.41) is 20.8. The van der Waals surface area contributed by atoms with E-state index in [1.807, 2.05) is 0 Å². The summed E-state index contributed by atoms with van der Waals surface area (Å²) >= 11 is 0. The van der Waals surface area contributed by atoms with E-state index < -0.39 is 91.5 Å². The maximum atomic E-state index is 13.1. The highest BCUT2D eigenvalue weighted by Gasteiger charge is 2.30. The largest absolute Gasteiger partial charge is 0.472 e. The fraction of sp³-hybridized carbons (Fsp3) is 0.685. The van der Waals surface area contributed by atoms with Crippen LogP contribution in [0.4, 0.5) is 0 Å². The van der Waals surface area contributed by atoms with Gasteiger partial charge in [-0.25, -0.2) is 9.13 Å². The van der Waals surface area contributed by atoms with Crippen LogP contribution in [0.2, 0.25) is 0 Å². The number of carbonyl (C=O) groups is 3. The Kier molecular flexibility index (Phi) is 97.0. The molecule has 0 bridgehead atoms. The second kappa shape index (κ2) is 101.